The van der Waals surface area contributed by atoms with E-state index in [-0.39, 0.29) is 11.5 Å². The molecule has 76 valence electrons. The number of ketones is 1. The van der Waals surface area contributed by atoms with Crippen LogP contribution in [-0.2, 0) is 0 Å². The van der Waals surface area contributed by atoms with Gasteiger partial charge in [0.1, 0.15) is 0 Å². The summed E-state index contributed by atoms with van der Waals surface area (Å²) >= 11 is 0. The summed E-state index contributed by atoms with van der Waals surface area (Å²) in [4.78, 5) is 11.2. The minimum atomic E-state index is -0.475. The summed E-state index contributed by atoms with van der Waals surface area (Å²) < 4.78 is 18.5. The summed E-state index contributed by atoms with van der Waals surface area (Å²) in [5.74, 6) is -0.598. The molecule has 0 fully saturated rings. The molecule has 1 aromatic carbocycles. The first-order chi connectivity index (χ1) is 6.56. The molecule has 0 unspecified atom stereocenters. The van der Waals surface area contributed by atoms with Gasteiger partial charge in [-0.05, 0) is 38.5 Å². The predicted octanol–water partition coefficient (Wildman–Crippen LogP) is 2.74. The van der Waals surface area contributed by atoms with Crippen LogP contribution in [0.25, 0.3) is 0 Å². The van der Waals surface area contributed by atoms with Crippen LogP contribution in [0.5, 0.6) is 5.75 Å². The highest BCUT2D eigenvalue weighted by atomic mass is 19.1. The summed E-state index contributed by atoms with van der Waals surface area (Å²) in [6.45, 7) is 5.24. The Balaban J connectivity index is 3.28. The van der Waals surface area contributed by atoms with Gasteiger partial charge in [0.25, 0.3) is 0 Å². The molecule has 0 aromatic heterocycles. The molecule has 0 amide bonds. The Morgan fingerprint density at radius 1 is 1.50 bits per heavy atom. The highest BCUT2D eigenvalue weighted by Gasteiger charge is 2.13. The minimum absolute atomic E-state index is 0.0607. The van der Waals surface area contributed by atoms with Gasteiger partial charge >= 0.3 is 0 Å². The van der Waals surface area contributed by atoms with E-state index in [0.29, 0.717) is 12.2 Å². The molecule has 0 heterocycles. The van der Waals surface area contributed by atoms with Gasteiger partial charge in [-0.1, -0.05) is 0 Å². The minimum Gasteiger partial charge on any atom is -0.490 e. The Kier molecular flexibility index (Phi) is 3.23. The van der Waals surface area contributed by atoms with Gasteiger partial charge in [0.05, 0.1) is 12.2 Å². The quantitative estimate of drug-likeness (QED) is 0.695. The maximum Gasteiger partial charge on any atom is 0.166 e. The fourth-order valence-corrected chi connectivity index (χ4v) is 1.28. The number of Topliss-reactive ketones (excluding diaryl/α,β-unsaturated/α-hetero) is 1. The van der Waals surface area contributed by atoms with Crippen molar-refractivity contribution in [3.8, 4) is 5.75 Å². The van der Waals surface area contributed by atoms with Crippen LogP contribution in [-0.4, -0.2) is 12.4 Å². The highest BCUT2D eigenvalue weighted by molar-refractivity contribution is 5.97. The van der Waals surface area contributed by atoms with Crippen molar-refractivity contribution in [2.75, 3.05) is 6.61 Å². The van der Waals surface area contributed by atoms with Crippen molar-refractivity contribution in [2.24, 2.45) is 0 Å². The third kappa shape index (κ3) is 2.10. The molecule has 0 atom stereocenters. The number of hydrogen-bond acceptors (Lipinski definition) is 2. The second-order valence-corrected chi connectivity index (χ2v) is 3.11. The molecule has 0 saturated carbocycles. The number of benzene rings is 1. The number of hydrogen-bond donors (Lipinski definition) is 0. The second-order valence-electron chi connectivity index (χ2n) is 3.11. The van der Waals surface area contributed by atoms with Crippen LogP contribution in [0, 0.1) is 12.7 Å². The summed E-state index contributed by atoms with van der Waals surface area (Å²) in [6, 6.07) is 2.99. The smallest absolute Gasteiger partial charge is 0.166 e. The Bertz CT molecular complexity index is 359. The predicted molar refractivity (Wildman–Crippen MR) is 52.3 cm³/mol. The molecule has 0 saturated heterocycles. The number of aryl methyl sites for hydroxylation is 1. The Morgan fingerprint density at radius 3 is 2.64 bits per heavy atom. The van der Waals surface area contributed by atoms with E-state index in [1.54, 1.807) is 19.9 Å². The van der Waals surface area contributed by atoms with Crippen LogP contribution in [0.15, 0.2) is 12.1 Å². The molecule has 0 aliphatic heterocycles. The number of halogens is 1. The lowest BCUT2D eigenvalue weighted by molar-refractivity contribution is 0.101. The van der Waals surface area contributed by atoms with Gasteiger partial charge in [-0.2, -0.15) is 0 Å². The van der Waals surface area contributed by atoms with E-state index in [4.69, 9.17) is 4.74 Å². The first-order valence-electron chi connectivity index (χ1n) is 4.50. The highest BCUT2D eigenvalue weighted by Crippen LogP contribution is 2.24. The first kappa shape index (κ1) is 10.7. The summed E-state index contributed by atoms with van der Waals surface area (Å²) in [6.07, 6.45) is 0. The van der Waals surface area contributed by atoms with E-state index in [2.05, 4.69) is 0 Å². The summed E-state index contributed by atoms with van der Waals surface area (Å²) in [5, 5.41) is 0. The molecule has 0 spiro atoms. The van der Waals surface area contributed by atoms with Crippen molar-refractivity contribution >= 4 is 5.78 Å². The van der Waals surface area contributed by atoms with E-state index < -0.39 is 5.82 Å². The molecule has 0 bridgehead atoms. The molecule has 0 N–H and O–H groups in total. The van der Waals surface area contributed by atoms with Crippen molar-refractivity contribution < 1.29 is 13.9 Å². The zero-order valence-corrected chi connectivity index (χ0v) is 8.56. The number of rotatable bonds is 3. The lowest BCUT2D eigenvalue weighted by atomic mass is 10.1. The van der Waals surface area contributed by atoms with Crippen LogP contribution in [0.2, 0.25) is 0 Å². The molecule has 0 radical (unpaired) electrons. The van der Waals surface area contributed by atoms with Crippen LogP contribution < -0.4 is 4.74 Å². The van der Waals surface area contributed by atoms with Gasteiger partial charge in [0, 0.05) is 0 Å². The van der Waals surface area contributed by atoms with Crippen molar-refractivity contribution in [2.45, 2.75) is 20.8 Å². The maximum atomic E-state index is 13.4. The van der Waals surface area contributed by atoms with Gasteiger partial charge in [0.15, 0.2) is 17.3 Å². The van der Waals surface area contributed by atoms with Crippen LogP contribution in [0.4, 0.5) is 4.39 Å². The Morgan fingerprint density at radius 2 is 2.14 bits per heavy atom. The fraction of sp³-hybridized carbons (Fsp3) is 0.364. The SMILES string of the molecule is CCOc1c(F)cc(C)cc1C(C)=O. The maximum absolute atomic E-state index is 13.4. The summed E-state index contributed by atoms with van der Waals surface area (Å²) in [7, 11) is 0. The van der Waals surface area contributed by atoms with E-state index >= 15 is 0 Å². The molecule has 1 rings (SSSR count). The van der Waals surface area contributed by atoms with E-state index in [9.17, 15) is 9.18 Å². The first-order valence-corrected chi connectivity index (χ1v) is 4.50. The van der Waals surface area contributed by atoms with Gasteiger partial charge in [-0.3, -0.25) is 4.79 Å². The molecule has 3 heteroatoms. The lowest BCUT2D eigenvalue weighted by Crippen LogP contribution is -2.03. The van der Waals surface area contributed by atoms with Crippen LogP contribution in [0.1, 0.15) is 29.8 Å². The van der Waals surface area contributed by atoms with E-state index in [1.165, 1.54) is 13.0 Å². The van der Waals surface area contributed by atoms with Gasteiger partial charge in [-0.15, -0.1) is 0 Å². The molecule has 1 aromatic rings. The van der Waals surface area contributed by atoms with Gasteiger partial charge < -0.3 is 4.74 Å². The topological polar surface area (TPSA) is 26.3 Å². The number of carbonyl (C=O) groups excluding carboxylic acids is 1. The summed E-state index contributed by atoms with van der Waals surface area (Å²) in [5.41, 5.74) is 1.03. The average Bonchev–Trinajstić information content (AvgIpc) is 2.09. The van der Waals surface area contributed by atoms with Crippen molar-refractivity contribution in [1.82, 2.24) is 0 Å². The molecular weight excluding hydrogens is 183 g/mol. The fourth-order valence-electron chi connectivity index (χ4n) is 1.28. The Hall–Kier alpha value is -1.38. The molecule has 0 aliphatic carbocycles. The van der Waals surface area contributed by atoms with Crippen LogP contribution >= 0.6 is 0 Å². The van der Waals surface area contributed by atoms with Crippen LogP contribution in [0.3, 0.4) is 0 Å². The van der Waals surface area contributed by atoms with E-state index in [0.717, 1.165) is 5.56 Å². The zero-order valence-electron chi connectivity index (χ0n) is 8.56. The van der Waals surface area contributed by atoms with E-state index in [1.807, 2.05) is 0 Å². The van der Waals surface area contributed by atoms with Crippen molar-refractivity contribution in [3.63, 3.8) is 0 Å². The zero-order chi connectivity index (χ0) is 10.7. The molecule has 2 nitrogen and oxygen atoms in total. The number of ether oxygens (including phenoxy) is 1. The third-order valence-electron chi connectivity index (χ3n) is 1.86. The standard InChI is InChI=1S/C11H13FO2/c1-4-14-11-9(8(3)13)5-7(2)6-10(11)12/h5-6H,4H2,1-3H3. The number of carbonyl (C=O) groups is 1. The average molecular weight is 196 g/mol. The normalized spacial score (nSPS) is 10.0. The molecular formula is C11H13FO2. The van der Waals surface area contributed by atoms with Gasteiger partial charge in [-0.25, -0.2) is 4.39 Å². The Labute approximate surface area is 82.7 Å². The van der Waals surface area contributed by atoms with Crippen molar-refractivity contribution in [3.05, 3.63) is 29.1 Å². The molecule has 0 aliphatic rings. The van der Waals surface area contributed by atoms with Gasteiger partial charge in [0.2, 0.25) is 0 Å². The largest absolute Gasteiger partial charge is 0.490 e. The van der Waals surface area contributed by atoms with Crippen molar-refractivity contribution in [1.29, 1.82) is 0 Å². The third-order valence-corrected chi connectivity index (χ3v) is 1.86. The molecule has 14 heavy (non-hydrogen) atoms. The second kappa shape index (κ2) is 4.22. The lowest BCUT2D eigenvalue weighted by Gasteiger charge is -2.09. The monoisotopic (exact) mass is 196 g/mol.